The quantitative estimate of drug-likeness (QED) is 0.431. The van der Waals surface area contributed by atoms with Gasteiger partial charge in [0.15, 0.2) is 10.6 Å². The lowest BCUT2D eigenvalue weighted by atomic mass is 10.2. The average molecular weight is 455 g/mol. The summed E-state index contributed by atoms with van der Waals surface area (Å²) < 4.78 is 2.11. The van der Waals surface area contributed by atoms with Crippen molar-refractivity contribution in [3.05, 3.63) is 62.7 Å². The van der Waals surface area contributed by atoms with Crippen LogP contribution < -0.4 is 5.56 Å². The number of para-hydroxylation sites is 1. The number of fused-ring (bicyclic) bond motifs is 1. The largest absolute Gasteiger partial charge is 0.331 e. The summed E-state index contributed by atoms with van der Waals surface area (Å²) in [6, 6.07) is 10.3. The predicted molar refractivity (Wildman–Crippen MR) is 123 cm³/mol. The summed E-state index contributed by atoms with van der Waals surface area (Å²) in [7, 11) is 0. The molecule has 1 unspecified atom stereocenters. The van der Waals surface area contributed by atoms with Crippen LogP contribution in [0.2, 0.25) is 0 Å². The lowest BCUT2D eigenvalue weighted by Gasteiger charge is -2.29. The molecule has 31 heavy (non-hydrogen) atoms. The van der Waals surface area contributed by atoms with E-state index in [1.165, 1.54) is 11.3 Å². The molecule has 0 aliphatic rings. The summed E-state index contributed by atoms with van der Waals surface area (Å²) in [5.74, 6) is 0.926. The van der Waals surface area contributed by atoms with E-state index in [1.54, 1.807) is 34.6 Å². The zero-order valence-corrected chi connectivity index (χ0v) is 19.0. The second kappa shape index (κ2) is 8.56. The Morgan fingerprint density at radius 1 is 1.23 bits per heavy atom. The average Bonchev–Trinajstić information content (AvgIpc) is 3.40. The molecule has 1 aromatic carbocycles. The molecule has 8 nitrogen and oxygen atoms in total. The minimum absolute atomic E-state index is 0.113. The minimum atomic E-state index is -0.585. The molecule has 0 bridgehead atoms. The Bertz CT molecular complexity index is 1340. The van der Waals surface area contributed by atoms with Crippen molar-refractivity contribution in [2.24, 2.45) is 0 Å². The van der Waals surface area contributed by atoms with Crippen molar-refractivity contribution in [2.75, 3.05) is 0 Å². The second-order valence-electron chi connectivity index (χ2n) is 7.47. The van der Waals surface area contributed by atoms with Gasteiger partial charge in [0.2, 0.25) is 5.91 Å². The molecule has 0 aliphatic carbocycles. The first kappa shape index (κ1) is 21.1. The van der Waals surface area contributed by atoms with E-state index in [9.17, 15) is 9.59 Å². The van der Waals surface area contributed by atoms with Gasteiger partial charge in [0.1, 0.15) is 11.9 Å². The van der Waals surface area contributed by atoms with E-state index in [4.69, 9.17) is 12.2 Å². The third-order valence-corrected chi connectivity index (χ3v) is 6.23. The van der Waals surface area contributed by atoms with Gasteiger partial charge in [0, 0.05) is 6.04 Å². The highest BCUT2D eigenvalue weighted by Crippen LogP contribution is 2.27. The van der Waals surface area contributed by atoms with Gasteiger partial charge in [0.25, 0.3) is 5.56 Å². The van der Waals surface area contributed by atoms with E-state index >= 15 is 0 Å². The van der Waals surface area contributed by atoms with E-state index in [-0.39, 0.29) is 24.1 Å². The van der Waals surface area contributed by atoms with E-state index in [2.05, 4.69) is 20.2 Å². The van der Waals surface area contributed by atoms with E-state index in [0.29, 0.717) is 27.3 Å². The number of carbonyl (C=O) groups excluding carboxylic acids is 1. The number of hydrogen-bond donors (Lipinski definition) is 2. The Kier molecular flexibility index (Phi) is 5.84. The number of hydrogen-bond acceptors (Lipinski definition) is 6. The number of aromatic amines is 2. The molecule has 0 spiro atoms. The van der Waals surface area contributed by atoms with Crippen LogP contribution in [0.3, 0.4) is 0 Å². The van der Waals surface area contributed by atoms with Gasteiger partial charge >= 0.3 is 0 Å². The fourth-order valence-corrected chi connectivity index (χ4v) is 4.48. The summed E-state index contributed by atoms with van der Waals surface area (Å²) in [4.78, 5) is 35.9. The van der Waals surface area contributed by atoms with Gasteiger partial charge in [-0.05, 0) is 56.6 Å². The van der Waals surface area contributed by atoms with Crippen molar-refractivity contribution in [1.29, 1.82) is 0 Å². The lowest BCUT2D eigenvalue weighted by Crippen LogP contribution is -2.41. The van der Waals surface area contributed by atoms with Crippen LogP contribution in [0, 0.1) is 4.77 Å². The maximum atomic E-state index is 13.5. The number of rotatable bonds is 6. The van der Waals surface area contributed by atoms with Crippen molar-refractivity contribution in [3.63, 3.8) is 0 Å². The zero-order chi connectivity index (χ0) is 22.1. The first-order valence-electron chi connectivity index (χ1n) is 9.86. The Morgan fingerprint density at radius 2 is 2.00 bits per heavy atom. The van der Waals surface area contributed by atoms with Gasteiger partial charge in [-0.15, -0.1) is 11.3 Å². The Morgan fingerprint density at radius 3 is 2.71 bits per heavy atom. The molecule has 0 saturated carbocycles. The molecule has 1 amide bonds. The van der Waals surface area contributed by atoms with Crippen molar-refractivity contribution < 1.29 is 4.79 Å². The van der Waals surface area contributed by atoms with Crippen LogP contribution in [-0.2, 0) is 11.3 Å². The fraction of sp³-hybridized carbons (Fsp3) is 0.286. The molecular weight excluding hydrogens is 432 g/mol. The molecule has 3 heterocycles. The van der Waals surface area contributed by atoms with Gasteiger partial charge in [0.05, 0.1) is 22.3 Å². The van der Waals surface area contributed by atoms with Crippen molar-refractivity contribution >= 4 is 40.4 Å². The number of nitrogens with zero attached hydrogens (tertiary/aromatic N) is 4. The Labute approximate surface area is 187 Å². The van der Waals surface area contributed by atoms with Crippen LogP contribution in [0.1, 0.15) is 32.6 Å². The van der Waals surface area contributed by atoms with Crippen LogP contribution in [0.15, 0.2) is 46.6 Å². The molecule has 1 atom stereocenters. The van der Waals surface area contributed by atoms with Gasteiger partial charge < -0.3 is 9.88 Å². The van der Waals surface area contributed by atoms with Gasteiger partial charge in [-0.3, -0.25) is 19.3 Å². The van der Waals surface area contributed by atoms with Crippen molar-refractivity contribution in [2.45, 2.75) is 39.4 Å². The van der Waals surface area contributed by atoms with Crippen LogP contribution in [-0.4, -0.2) is 41.6 Å². The highest BCUT2D eigenvalue weighted by atomic mass is 32.1. The fourth-order valence-electron chi connectivity index (χ4n) is 3.48. The molecule has 0 saturated heterocycles. The summed E-state index contributed by atoms with van der Waals surface area (Å²) in [5.41, 5.74) is 0.379. The molecule has 0 fully saturated rings. The number of H-pyrrole nitrogens is 2. The van der Waals surface area contributed by atoms with Crippen LogP contribution in [0.5, 0.6) is 0 Å². The third kappa shape index (κ3) is 4.08. The monoisotopic (exact) mass is 454 g/mol. The maximum absolute atomic E-state index is 13.5. The SMILES string of the molecule is CC(C)N(Cc1nc2ccccc2c(=O)[nH]1)C(=O)C(C)n1c(-c2cccs2)n[nH]c1=S. The first-order chi connectivity index (χ1) is 14.9. The molecule has 10 heteroatoms. The van der Waals surface area contributed by atoms with Crippen molar-refractivity contribution in [3.8, 4) is 10.7 Å². The molecule has 4 rings (SSSR count). The number of carbonyl (C=O) groups is 1. The van der Waals surface area contributed by atoms with E-state index in [0.717, 1.165) is 4.88 Å². The predicted octanol–water partition coefficient (Wildman–Crippen LogP) is 3.90. The Hall–Kier alpha value is -3.11. The van der Waals surface area contributed by atoms with Crippen LogP contribution in [0.25, 0.3) is 21.6 Å². The molecule has 3 aromatic heterocycles. The van der Waals surface area contributed by atoms with Gasteiger partial charge in [-0.2, -0.15) is 5.10 Å². The Balaban J connectivity index is 1.67. The zero-order valence-electron chi connectivity index (χ0n) is 17.3. The van der Waals surface area contributed by atoms with Crippen LogP contribution >= 0.6 is 23.6 Å². The number of aromatic nitrogens is 5. The van der Waals surface area contributed by atoms with Crippen molar-refractivity contribution in [1.82, 2.24) is 29.6 Å². The minimum Gasteiger partial charge on any atom is -0.331 e. The summed E-state index contributed by atoms with van der Waals surface area (Å²) in [6.45, 7) is 5.84. The number of nitrogens with one attached hydrogen (secondary N) is 2. The van der Waals surface area contributed by atoms with Gasteiger partial charge in [-0.25, -0.2) is 4.98 Å². The van der Waals surface area contributed by atoms with Crippen LogP contribution in [0.4, 0.5) is 0 Å². The summed E-state index contributed by atoms with van der Waals surface area (Å²) in [6.07, 6.45) is 0. The summed E-state index contributed by atoms with van der Waals surface area (Å²) in [5, 5.41) is 9.59. The highest BCUT2D eigenvalue weighted by Gasteiger charge is 2.28. The number of amides is 1. The topological polar surface area (TPSA) is 99.7 Å². The molecule has 160 valence electrons. The number of thiophene rings is 1. The lowest BCUT2D eigenvalue weighted by molar-refractivity contribution is -0.136. The molecule has 0 radical (unpaired) electrons. The molecule has 0 aliphatic heterocycles. The second-order valence-corrected chi connectivity index (χ2v) is 8.80. The normalized spacial score (nSPS) is 12.4. The summed E-state index contributed by atoms with van der Waals surface area (Å²) >= 11 is 6.94. The third-order valence-electron chi connectivity index (χ3n) is 5.08. The highest BCUT2D eigenvalue weighted by molar-refractivity contribution is 7.71. The first-order valence-corrected chi connectivity index (χ1v) is 11.1. The smallest absolute Gasteiger partial charge is 0.258 e. The molecule has 4 aromatic rings. The van der Waals surface area contributed by atoms with E-state index < -0.39 is 6.04 Å². The van der Waals surface area contributed by atoms with E-state index in [1.807, 2.05) is 37.4 Å². The number of benzene rings is 1. The maximum Gasteiger partial charge on any atom is 0.258 e. The van der Waals surface area contributed by atoms with Gasteiger partial charge in [-0.1, -0.05) is 18.2 Å². The standard InChI is InChI=1S/C21H22N6O2S2/c1-12(2)26(11-17-22-15-8-5-4-7-14(15)19(28)23-17)20(29)13(3)27-18(24-25-21(27)30)16-9-6-10-31-16/h4-10,12-13H,11H2,1-3H3,(H,25,30)(H,22,23,28). The molecule has 2 N–H and O–H groups in total. The molecular formula is C21H22N6O2S2.